The van der Waals surface area contributed by atoms with E-state index in [1.54, 1.807) is 0 Å². The minimum atomic E-state index is -4.65. The van der Waals surface area contributed by atoms with Crippen molar-refractivity contribution in [2.24, 2.45) is 47.3 Å². The minimum Gasteiger partial charge on any atom is -0.756 e. The fourth-order valence-electron chi connectivity index (χ4n) is 7.59. The second kappa shape index (κ2) is 32.7. The second-order valence-corrected chi connectivity index (χ2v) is 22.2. The van der Waals surface area contributed by atoms with E-state index in [2.05, 4.69) is 62.3 Å². The standard InChI is InChI=1S/C48H96NO8P/c1-38(2)20-14-22-40(5)24-16-26-42(7)28-18-30-44(9)34-47(50)54-36-46(37-56-58(52,53)55-33-32-49(11,12)13)57-48(51)35-45(10)31-19-29-43(8)27-17-25-41(6)23-15-21-39(3)4/h38-46H,14-37H2,1-13H3/t40?,41?,42?,43?,44?,45?,46-/m1/s1. The van der Waals surface area contributed by atoms with Gasteiger partial charge in [-0.05, 0) is 47.3 Å². The molecule has 9 nitrogen and oxygen atoms in total. The number of hydrogen-bond donors (Lipinski definition) is 0. The summed E-state index contributed by atoms with van der Waals surface area (Å²) in [5.41, 5.74) is 0. The van der Waals surface area contributed by atoms with Gasteiger partial charge in [0.2, 0.25) is 0 Å². The Hall–Kier alpha value is -0.990. The number of likely N-dealkylation sites (N-methyl/N-ethyl adjacent to an activating group) is 1. The normalized spacial score (nSPS) is 17.0. The first kappa shape index (κ1) is 57.0. The van der Waals surface area contributed by atoms with Crippen molar-refractivity contribution in [1.82, 2.24) is 0 Å². The van der Waals surface area contributed by atoms with Crippen molar-refractivity contribution in [2.45, 2.75) is 204 Å². The fourth-order valence-corrected chi connectivity index (χ4v) is 8.32. The van der Waals surface area contributed by atoms with Gasteiger partial charge in [0.05, 0.1) is 27.7 Å². The van der Waals surface area contributed by atoms with Gasteiger partial charge in [-0.15, -0.1) is 0 Å². The molecule has 0 rings (SSSR count). The van der Waals surface area contributed by atoms with E-state index in [9.17, 15) is 19.0 Å². The van der Waals surface area contributed by atoms with Crippen LogP contribution in [0, 0.1) is 47.3 Å². The zero-order valence-corrected chi connectivity index (χ0v) is 41.2. The minimum absolute atomic E-state index is 0.0359. The molecule has 346 valence electrons. The lowest BCUT2D eigenvalue weighted by molar-refractivity contribution is -0.870. The van der Waals surface area contributed by atoms with Crippen molar-refractivity contribution >= 4 is 19.8 Å². The summed E-state index contributed by atoms with van der Waals surface area (Å²) in [6.45, 7) is 22.4. The van der Waals surface area contributed by atoms with Crippen LogP contribution in [0.15, 0.2) is 0 Å². The number of rotatable bonds is 38. The number of quaternary nitrogens is 1. The highest BCUT2D eigenvalue weighted by Gasteiger charge is 2.23. The summed E-state index contributed by atoms with van der Waals surface area (Å²) in [6.07, 6.45) is 21.2. The summed E-state index contributed by atoms with van der Waals surface area (Å²) in [7, 11) is 1.15. The van der Waals surface area contributed by atoms with Crippen molar-refractivity contribution in [1.29, 1.82) is 0 Å². The predicted octanol–water partition coefficient (Wildman–Crippen LogP) is 12.6. The number of phosphoric ester groups is 1. The third-order valence-electron chi connectivity index (χ3n) is 11.7. The van der Waals surface area contributed by atoms with Crippen molar-refractivity contribution in [3.8, 4) is 0 Å². The molecule has 0 bridgehead atoms. The Morgan fingerprint density at radius 1 is 0.500 bits per heavy atom. The van der Waals surface area contributed by atoms with Gasteiger partial charge in [0.25, 0.3) is 7.82 Å². The van der Waals surface area contributed by atoms with Crippen LogP contribution in [0.3, 0.4) is 0 Å². The highest BCUT2D eigenvalue weighted by Crippen LogP contribution is 2.38. The molecule has 10 heteroatoms. The molecule has 0 amide bonds. The molecule has 0 heterocycles. The number of ether oxygens (including phenoxy) is 2. The number of esters is 2. The molecule has 0 aliphatic carbocycles. The molecule has 0 radical (unpaired) electrons. The topological polar surface area (TPSA) is 111 Å². The lowest BCUT2D eigenvalue weighted by Gasteiger charge is -2.28. The highest BCUT2D eigenvalue weighted by atomic mass is 31.2. The van der Waals surface area contributed by atoms with Gasteiger partial charge < -0.3 is 27.9 Å². The van der Waals surface area contributed by atoms with Crippen molar-refractivity contribution in [3.63, 3.8) is 0 Å². The Morgan fingerprint density at radius 3 is 1.21 bits per heavy atom. The second-order valence-electron chi connectivity index (χ2n) is 20.8. The Balaban J connectivity index is 4.82. The van der Waals surface area contributed by atoms with E-state index >= 15 is 0 Å². The van der Waals surface area contributed by atoms with Gasteiger partial charge in [-0.3, -0.25) is 14.2 Å². The number of hydrogen-bond acceptors (Lipinski definition) is 8. The van der Waals surface area contributed by atoms with Crippen LogP contribution in [0.2, 0.25) is 0 Å². The van der Waals surface area contributed by atoms with Crippen LogP contribution in [-0.4, -0.2) is 70.0 Å². The van der Waals surface area contributed by atoms with Crippen LogP contribution in [0.5, 0.6) is 0 Å². The molecule has 58 heavy (non-hydrogen) atoms. The van der Waals surface area contributed by atoms with E-state index in [1.807, 2.05) is 28.1 Å². The Bertz CT molecular complexity index is 1080. The summed E-state index contributed by atoms with van der Waals surface area (Å²) < 4.78 is 34.5. The van der Waals surface area contributed by atoms with Gasteiger partial charge in [-0.2, -0.15) is 0 Å². The number of carbonyl (C=O) groups excluding carboxylic acids is 2. The van der Waals surface area contributed by atoms with Crippen molar-refractivity contribution in [2.75, 3.05) is 47.5 Å². The molecular formula is C48H96NO8P. The first-order valence-electron chi connectivity index (χ1n) is 23.8. The molecule has 0 aliphatic heterocycles. The van der Waals surface area contributed by atoms with Crippen molar-refractivity contribution < 1.29 is 42.1 Å². The molecule has 0 saturated carbocycles. The number of phosphoric acid groups is 1. The van der Waals surface area contributed by atoms with E-state index in [1.165, 1.54) is 77.0 Å². The van der Waals surface area contributed by atoms with E-state index < -0.39 is 26.5 Å². The van der Waals surface area contributed by atoms with Crippen LogP contribution < -0.4 is 4.89 Å². The molecule has 0 aromatic heterocycles. The molecule has 7 unspecified atom stereocenters. The van der Waals surface area contributed by atoms with Gasteiger partial charge in [-0.1, -0.05) is 185 Å². The summed E-state index contributed by atoms with van der Waals surface area (Å²) in [4.78, 5) is 38.4. The average Bonchev–Trinajstić information content (AvgIpc) is 3.08. The van der Waals surface area contributed by atoms with Gasteiger partial charge in [0, 0.05) is 12.8 Å². The molecule has 0 N–H and O–H groups in total. The molecule has 0 spiro atoms. The van der Waals surface area contributed by atoms with Crippen molar-refractivity contribution in [3.05, 3.63) is 0 Å². The monoisotopic (exact) mass is 846 g/mol. The third kappa shape index (κ3) is 36.8. The molecule has 0 saturated heterocycles. The Labute approximate surface area is 359 Å². The fraction of sp³-hybridized carbons (Fsp3) is 0.958. The average molecular weight is 846 g/mol. The lowest BCUT2D eigenvalue weighted by atomic mass is 9.91. The summed E-state index contributed by atoms with van der Waals surface area (Å²) in [6, 6.07) is 0. The maximum atomic E-state index is 13.0. The summed E-state index contributed by atoms with van der Waals surface area (Å²) in [5, 5.41) is 0. The van der Waals surface area contributed by atoms with Crippen LogP contribution in [0.1, 0.15) is 198 Å². The molecule has 0 aliphatic rings. The molecular weight excluding hydrogens is 750 g/mol. The molecule has 0 fully saturated rings. The maximum absolute atomic E-state index is 13.0. The van der Waals surface area contributed by atoms with Gasteiger partial charge in [-0.25, -0.2) is 0 Å². The van der Waals surface area contributed by atoms with Gasteiger partial charge in [0.15, 0.2) is 6.10 Å². The number of nitrogens with zero attached hydrogens (tertiary/aromatic N) is 1. The van der Waals surface area contributed by atoms with E-state index in [4.69, 9.17) is 18.5 Å². The summed E-state index contributed by atoms with van der Waals surface area (Å²) in [5.74, 6) is 3.92. The SMILES string of the molecule is CC(C)CCCC(C)CCCC(C)CCCC(C)CC(=O)OC[C@H](COP(=O)([O-])OCC[N+](C)(C)C)OC(=O)CC(C)CCCC(C)CCCC(C)CCCC(C)C. The van der Waals surface area contributed by atoms with E-state index in [-0.39, 0.29) is 43.9 Å². The van der Waals surface area contributed by atoms with Crippen LogP contribution >= 0.6 is 7.82 Å². The maximum Gasteiger partial charge on any atom is 0.306 e. The van der Waals surface area contributed by atoms with E-state index in [0.29, 0.717) is 22.9 Å². The van der Waals surface area contributed by atoms with Crippen LogP contribution in [0.4, 0.5) is 0 Å². The number of carbonyl (C=O) groups is 2. The molecule has 0 aromatic rings. The Morgan fingerprint density at radius 2 is 0.845 bits per heavy atom. The van der Waals surface area contributed by atoms with Crippen LogP contribution in [0.25, 0.3) is 0 Å². The van der Waals surface area contributed by atoms with Gasteiger partial charge >= 0.3 is 11.9 Å². The summed E-state index contributed by atoms with van der Waals surface area (Å²) >= 11 is 0. The van der Waals surface area contributed by atoms with Gasteiger partial charge in [0.1, 0.15) is 19.8 Å². The third-order valence-corrected chi connectivity index (χ3v) is 12.7. The highest BCUT2D eigenvalue weighted by molar-refractivity contribution is 7.45. The molecule has 8 atom stereocenters. The van der Waals surface area contributed by atoms with E-state index in [0.717, 1.165) is 62.2 Å². The molecule has 0 aromatic carbocycles. The van der Waals surface area contributed by atoms with Crippen LogP contribution in [-0.2, 0) is 32.7 Å². The quantitative estimate of drug-likeness (QED) is 0.0343. The first-order valence-corrected chi connectivity index (χ1v) is 25.3. The first-order chi connectivity index (χ1) is 27.1. The lowest BCUT2D eigenvalue weighted by Crippen LogP contribution is -2.37. The zero-order valence-electron chi connectivity index (χ0n) is 40.3. The predicted molar refractivity (Wildman–Crippen MR) is 240 cm³/mol. The Kier molecular flexibility index (Phi) is 32.1. The largest absolute Gasteiger partial charge is 0.756 e. The zero-order chi connectivity index (χ0) is 44.1. The smallest absolute Gasteiger partial charge is 0.306 e.